The molecule has 5 nitrogen and oxygen atoms in total. The zero-order valence-corrected chi connectivity index (χ0v) is 16.0. The van der Waals surface area contributed by atoms with E-state index in [2.05, 4.69) is 20.9 Å². The Kier molecular flexibility index (Phi) is 4.64. The molecule has 0 unspecified atom stereocenters. The van der Waals surface area contributed by atoms with Crippen molar-refractivity contribution in [3.63, 3.8) is 0 Å². The van der Waals surface area contributed by atoms with Crippen molar-refractivity contribution in [2.45, 2.75) is 39.5 Å². The number of amides is 1. The van der Waals surface area contributed by atoms with Gasteiger partial charge in [-0.15, -0.1) is 0 Å². The summed E-state index contributed by atoms with van der Waals surface area (Å²) in [6.07, 6.45) is 1.31. The topological polar surface area (TPSA) is 59.5 Å². The minimum atomic E-state index is -0.537. The molecule has 1 aromatic heterocycles. The Balaban J connectivity index is 1.80. The molecule has 0 saturated carbocycles. The van der Waals surface area contributed by atoms with Crippen LogP contribution in [0.5, 0.6) is 0 Å². The number of ether oxygens (including phenoxy) is 1. The van der Waals surface area contributed by atoms with Gasteiger partial charge < -0.3 is 4.74 Å². The molecule has 1 aliphatic heterocycles. The highest BCUT2D eigenvalue weighted by atomic mass is 79.9. The van der Waals surface area contributed by atoms with Gasteiger partial charge in [-0.05, 0) is 50.1 Å². The molecule has 25 heavy (non-hydrogen) atoms. The normalized spacial score (nSPS) is 13.5. The molecule has 2 heterocycles. The van der Waals surface area contributed by atoms with Gasteiger partial charge in [0.2, 0.25) is 5.78 Å². The SMILES string of the molecule is CC(C)(C)OC(=O)N1Cc2cnc(C(=O)c3ccccc3Br)cc2C1. The van der Waals surface area contributed by atoms with Crippen molar-refractivity contribution < 1.29 is 14.3 Å². The van der Waals surface area contributed by atoms with Gasteiger partial charge in [-0.2, -0.15) is 0 Å². The maximum absolute atomic E-state index is 12.7. The van der Waals surface area contributed by atoms with Crippen LogP contribution in [0.2, 0.25) is 0 Å². The molecule has 1 aromatic carbocycles. The number of rotatable bonds is 2. The Bertz CT molecular complexity index is 843. The number of pyridine rings is 1. The monoisotopic (exact) mass is 402 g/mol. The molecule has 0 aliphatic carbocycles. The first-order chi connectivity index (χ1) is 11.7. The van der Waals surface area contributed by atoms with Crippen molar-refractivity contribution in [1.29, 1.82) is 0 Å². The van der Waals surface area contributed by atoms with E-state index >= 15 is 0 Å². The summed E-state index contributed by atoms with van der Waals surface area (Å²) >= 11 is 3.40. The Morgan fingerprint density at radius 3 is 2.52 bits per heavy atom. The molecule has 1 aliphatic rings. The van der Waals surface area contributed by atoms with E-state index in [4.69, 9.17) is 4.74 Å². The predicted molar refractivity (Wildman–Crippen MR) is 97.3 cm³/mol. The molecular formula is C19H19BrN2O3. The Labute approximate surface area is 155 Å². The molecule has 0 bridgehead atoms. The van der Waals surface area contributed by atoms with Crippen LogP contribution in [-0.2, 0) is 17.8 Å². The Morgan fingerprint density at radius 1 is 1.16 bits per heavy atom. The van der Waals surface area contributed by atoms with Crippen LogP contribution in [0.1, 0.15) is 48.0 Å². The zero-order chi connectivity index (χ0) is 18.2. The van der Waals surface area contributed by atoms with Crippen molar-refractivity contribution in [3.05, 3.63) is 63.4 Å². The second-order valence-corrected chi connectivity index (χ2v) is 7.84. The molecule has 130 valence electrons. The van der Waals surface area contributed by atoms with Crippen molar-refractivity contribution in [3.8, 4) is 0 Å². The second kappa shape index (κ2) is 6.59. The molecule has 0 fully saturated rings. The number of ketones is 1. The summed E-state index contributed by atoms with van der Waals surface area (Å²) in [5.41, 5.74) is 2.27. The van der Waals surface area contributed by atoms with E-state index in [9.17, 15) is 9.59 Å². The van der Waals surface area contributed by atoms with Crippen LogP contribution in [0.4, 0.5) is 4.79 Å². The third-order valence-electron chi connectivity index (χ3n) is 3.81. The lowest BCUT2D eigenvalue weighted by molar-refractivity contribution is 0.0241. The summed E-state index contributed by atoms with van der Waals surface area (Å²) in [5, 5.41) is 0. The zero-order valence-electron chi connectivity index (χ0n) is 14.4. The highest BCUT2D eigenvalue weighted by molar-refractivity contribution is 9.10. The third kappa shape index (κ3) is 3.90. The van der Waals surface area contributed by atoms with E-state index in [0.29, 0.717) is 24.3 Å². The lowest BCUT2D eigenvalue weighted by Crippen LogP contribution is -2.33. The minimum absolute atomic E-state index is 0.147. The number of carbonyl (C=O) groups is 2. The molecule has 0 saturated heterocycles. The minimum Gasteiger partial charge on any atom is -0.444 e. The van der Waals surface area contributed by atoms with Crippen LogP contribution in [0, 0.1) is 0 Å². The molecule has 0 spiro atoms. The first-order valence-electron chi connectivity index (χ1n) is 7.99. The number of hydrogen-bond acceptors (Lipinski definition) is 4. The van der Waals surface area contributed by atoms with E-state index in [1.165, 1.54) is 0 Å². The summed E-state index contributed by atoms with van der Waals surface area (Å²) in [5.74, 6) is -0.147. The average molecular weight is 403 g/mol. The molecule has 2 aromatic rings. The van der Waals surface area contributed by atoms with Crippen molar-refractivity contribution in [2.75, 3.05) is 0 Å². The van der Waals surface area contributed by atoms with Crippen molar-refractivity contribution in [1.82, 2.24) is 9.88 Å². The fourth-order valence-corrected chi connectivity index (χ4v) is 3.11. The van der Waals surface area contributed by atoms with Crippen LogP contribution in [0.25, 0.3) is 0 Å². The molecule has 0 atom stereocenters. The molecule has 1 amide bonds. The van der Waals surface area contributed by atoms with Gasteiger partial charge in [-0.1, -0.05) is 28.1 Å². The van der Waals surface area contributed by atoms with Crippen LogP contribution in [0.3, 0.4) is 0 Å². The first kappa shape index (κ1) is 17.6. The lowest BCUT2D eigenvalue weighted by Gasteiger charge is -2.24. The number of nitrogens with zero attached hydrogens (tertiary/aromatic N) is 2. The number of benzene rings is 1. The maximum Gasteiger partial charge on any atom is 0.410 e. The summed E-state index contributed by atoms with van der Waals surface area (Å²) in [7, 11) is 0. The van der Waals surface area contributed by atoms with Crippen molar-refractivity contribution in [2.24, 2.45) is 0 Å². The first-order valence-corrected chi connectivity index (χ1v) is 8.79. The molecule has 0 radical (unpaired) electrons. The van der Waals surface area contributed by atoms with E-state index in [1.54, 1.807) is 23.2 Å². The highest BCUT2D eigenvalue weighted by Gasteiger charge is 2.28. The molecular weight excluding hydrogens is 384 g/mol. The molecule has 3 rings (SSSR count). The fraction of sp³-hybridized carbons (Fsp3) is 0.316. The van der Waals surface area contributed by atoms with E-state index in [0.717, 1.165) is 15.6 Å². The Hall–Kier alpha value is -2.21. The van der Waals surface area contributed by atoms with Gasteiger partial charge in [-0.25, -0.2) is 4.79 Å². The van der Waals surface area contributed by atoms with E-state index in [-0.39, 0.29) is 11.9 Å². The quantitative estimate of drug-likeness (QED) is 0.701. The number of fused-ring (bicyclic) bond motifs is 1. The summed E-state index contributed by atoms with van der Waals surface area (Å²) in [4.78, 5) is 30.8. The van der Waals surface area contributed by atoms with Crippen LogP contribution in [-0.4, -0.2) is 27.4 Å². The van der Waals surface area contributed by atoms with Gasteiger partial charge >= 0.3 is 6.09 Å². The van der Waals surface area contributed by atoms with Gasteiger partial charge in [0.05, 0.1) is 6.54 Å². The highest BCUT2D eigenvalue weighted by Crippen LogP contribution is 2.26. The largest absolute Gasteiger partial charge is 0.444 e. The number of carbonyl (C=O) groups excluding carboxylic acids is 2. The number of aromatic nitrogens is 1. The lowest BCUT2D eigenvalue weighted by atomic mass is 10.1. The van der Waals surface area contributed by atoms with Crippen molar-refractivity contribution >= 4 is 27.8 Å². The smallest absolute Gasteiger partial charge is 0.410 e. The van der Waals surface area contributed by atoms with Crippen LogP contribution >= 0.6 is 15.9 Å². The van der Waals surface area contributed by atoms with Gasteiger partial charge in [0.25, 0.3) is 0 Å². The van der Waals surface area contributed by atoms with E-state index in [1.807, 2.05) is 39.0 Å². The standard InChI is InChI=1S/C19H19BrN2O3/c1-19(2,3)25-18(24)22-10-12-8-16(21-9-13(12)11-22)17(23)14-6-4-5-7-15(14)20/h4-9H,10-11H2,1-3H3. The van der Waals surface area contributed by atoms with Crippen LogP contribution < -0.4 is 0 Å². The summed E-state index contributed by atoms with van der Waals surface area (Å²) in [6.45, 7) is 6.38. The van der Waals surface area contributed by atoms with Gasteiger partial charge in [0.1, 0.15) is 11.3 Å². The molecule has 0 N–H and O–H groups in total. The number of hydrogen-bond donors (Lipinski definition) is 0. The fourth-order valence-electron chi connectivity index (χ4n) is 2.65. The predicted octanol–water partition coefficient (Wildman–Crippen LogP) is 4.33. The van der Waals surface area contributed by atoms with Crippen LogP contribution in [0.15, 0.2) is 41.0 Å². The van der Waals surface area contributed by atoms with Gasteiger partial charge in [0.15, 0.2) is 0 Å². The Morgan fingerprint density at radius 2 is 1.84 bits per heavy atom. The maximum atomic E-state index is 12.7. The average Bonchev–Trinajstić information content (AvgIpc) is 2.96. The van der Waals surface area contributed by atoms with E-state index < -0.39 is 5.60 Å². The van der Waals surface area contributed by atoms with Gasteiger partial charge in [-0.3, -0.25) is 14.7 Å². The second-order valence-electron chi connectivity index (χ2n) is 6.98. The third-order valence-corrected chi connectivity index (χ3v) is 4.50. The van der Waals surface area contributed by atoms with Gasteiger partial charge in [0, 0.05) is 22.8 Å². The summed E-state index contributed by atoms with van der Waals surface area (Å²) in [6, 6.07) is 9.02. The summed E-state index contributed by atoms with van der Waals surface area (Å²) < 4.78 is 6.14. The molecule has 6 heteroatoms. The number of halogens is 1.